The Labute approximate surface area is 118 Å². The fourth-order valence-electron chi connectivity index (χ4n) is 0. The molecule has 0 aromatic heterocycles. The Morgan fingerprint density at radius 2 is 1.12 bits per heavy atom. The topological polar surface area (TPSA) is 0 Å². The van der Waals surface area contributed by atoms with Crippen LogP contribution >= 0.6 is 30.9 Å². The molecule has 0 unspecified atom stereocenters. The van der Waals surface area contributed by atoms with Gasteiger partial charge in [0.2, 0.25) is 0 Å². The summed E-state index contributed by atoms with van der Waals surface area (Å²) >= 11 is -1.57. The summed E-state index contributed by atoms with van der Waals surface area (Å²) in [5, 5.41) is 0. The van der Waals surface area contributed by atoms with Gasteiger partial charge in [-0.25, -0.2) is 0 Å². The van der Waals surface area contributed by atoms with Crippen molar-refractivity contribution in [3.63, 3.8) is 0 Å². The fourth-order valence-corrected chi connectivity index (χ4v) is 0. The second kappa shape index (κ2) is 30.0. The molecule has 0 aliphatic carbocycles. The van der Waals surface area contributed by atoms with E-state index in [9.17, 15) is 0 Å². The third-order valence-electron chi connectivity index (χ3n) is 0. The van der Waals surface area contributed by atoms with Crippen molar-refractivity contribution >= 4 is 79.9 Å². The molecule has 40 valence electrons. The SMILES string of the molecule is [Cl-].[Cl][Ca][Cl].[Cl][Mg][Cl].[Na+]. The summed E-state index contributed by atoms with van der Waals surface area (Å²) in [6.07, 6.45) is 9.90. The standard InChI is InChI=1S/Ca.5ClH.Mg.Na/h;5*1H;;/q+2;;;;;;+2;+1/p-5. The van der Waals surface area contributed by atoms with Gasteiger partial charge in [0, 0.05) is 0 Å². The van der Waals surface area contributed by atoms with Crippen LogP contribution < -0.4 is 42.0 Å². The molecule has 0 atom stereocenters. The molecule has 8 heavy (non-hydrogen) atoms. The zero-order chi connectivity index (χ0) is 5.41. The number of halogens is 5. The monoisotopic (exact) mass is 262 g/mol. The molecule has 8 heteroatoms. The van der Waals surface area contributed by atoms with Crippen LogP contribution in [0.2, 0.25) is 0 Å². The van der Waals surface area contributed by atoms with Crippen molar-refractivity contribution in [2.45, 2.75) is 0 Å². The molecule has 0 saturated carbocycles. The van der Waals surface area contributed by atoms with Gasteiger partial charge in [-0.1, -0.05) is 0 Å². The van der Waals surface area contributed by atoms with E-state index in [1.165, 1.54) is 0 Å². The first-order chi connectivity index (χ1) is 2.83. The van der Waals surface area contributed by atoms with Gasteiger partial charge in [0.15, 0.2) is 0 Å². The summed E-state index contributed by atoms with van der Waals surface area (Å²) in [6, 6.07) is 0. The van der Waals surface area contributed by atoms with E-state index in [0.29, 0.717) is 0 Å². The third kappa shape index (κ3) is 47.0. The van der Waals surface area contributed by atoms with Gasteiger partial charge in [-0.15, -0.1) is 0 Å². The van der Waals surface area contributed by atoms with Gasteiger partial charge in [-0.2, -0.15) is 0 Å². The summed E-state index contributed by atoms with van der Waals surface area (Å²) in [5.74, 6) is 0. The molecule has 0 amide bonds. The Hall–Kier alpha value is 4.48. The Morgan fingerprint density at radius 3 is 1.12 bits per heavy atom. The molecule has 0 rings (SSSR count). The van der Waals surface area contributed by atoms with E-state index >= 15 is 0 Å². The van der Waals surface area contributed by atoms with Crippen molar-refractivity contribution in [3.8, 4) is 0 Å². The van der Waals surface area contributed by atoms with E-state index < -0.39 is 49.0 Å². The molecular weight excluding hydrogens is 265 g/mol. The van der Waals surface area contributed by atoms with E-state index in [-0.39, 0.29) is 42.0 Å². The third-order valence-corrected chi connectivity index (χ3v) is 0. The fraction of sp³-hybridized carbons (Fsp3) is 0. The van der Waals surface area contributed by atoms with E-state index in [1.807, 2.05) is 0 Å². The number of hydrogen-bond donors (Lipinski definition) is 0. The quantitative estimate of drug-likeness (QED) is 0.392. The van der Waals surface area contributed by atoms with Gasteiger partial charge in [-0.05, 0) is 0 Å². The van der Waals surface area contributed by atoms with Crippen LogP contribution in [0.25, 0.3) is 0 Å². The predicted molar refractivity (Wildman–Crippen MR) is 34.9 cm³/mol. The second-order valence-electron chi connectivity index (χ2n) is 0.202. The van der Waals surface area contributed by atoms with Gasteiger partial charge in [0.1, 0.15) is 0 Å². The Balaban J connectivity index is -0.0000000160. The normalized spacial score (nSPS) is 2.50. The minimum atomic E-state index is -0.931. The minimum absolute atomic E-state index is 0. The molecular formula is CaCl5MgNa. The number of hydrogen-bond acceptors (Lipinski definition) is 0. The van der Waals surface area contributed by atoms with Crippen LogP contribution in [0.4, 0.5) is 0 Å². The van der Waals surface area contributed by atoms with Crippen molar-refractivity contribution in [2.24, 2.45) is 0 Å². The van der Waals surface area contributed by atoms with Gasteiger partial charge >= 0.3 is 91.3 Å². The van der Waals surface area contributed by atoms with Crippen molar-refractivity contribution in [2.75, 3.05) is 0 Å². The first-order valence-corrected chi connectivity index (χ1v) is 11.4. The summed E-state index contributed by atoms with van der Waals surface area (Å²) in [5.41, 5.74) is 0. The molecule has 0 aliphatic rings. The molecule has 0 aromatic rings. The van der Waals surface area contributed by atoms with Gasteiger partial charge in [0.05, 0.1) is 0 Å². The molecule has 0 heterocycles. The van der Waals surface area contributed by atoms with Crippen molar-refractivity contribution in [3.05, 3.63) is 0 Å². The predicted octanol–water partition coefficient (Wildman–Crippen LogP) is -4.00. The van der Waals surface area contributed by atoms with Gasteiger partial charge < -0.3 is 30.6 Å². The largest absolute Gasteiger partial charge is 1.00 e. The maximum Gasteiger partial charge on any atom is 1.00 e. The minimum Gasteiger partial charge on any atom is -0.309 e. The first-order valence-electron chi connectivity index (χ1n) is 1.07. The van der Waals surface area contributed by atoms with Crippen LogP contribution in [-0.2, 0) is 0 Å². The zero-order valence-corrected chi connectivity index (χ0v) is 13.7. The molecule has 0 nitrogen and oxygen atoms in total. The molecule has 0 radical (unpaired) electrons. The summed E-state index contributed by atoms with van der Waals surface area (Å²) in [6.45, 7) is 0. The van der Waals surface area contributed by atoms with Gasteiger partial charge in [0.25, 0.3) is 0 Å². The molecule has 0 bridgehead atoms. The molecule has 0 saturated heterocycles. The molecule has 0 N–H and O–H groups in total. The van der Waals surface area contributed by atoms with E-state index in [0.717, 1.165) is 0 Å². The molecule has 0 aliphatic heterocycles. The van der Waals surface area contributed by atoms with Crippen LogP contribution in [0.15, 0.2) is 0 Å². The van der Waals surface area contributed by atoms with E-state index in [1.54, 1.807) is 0 Å². The smallest absolute Gasteiger partial charge is 0.309 e. The average molecular weight is 265 g/mol. The maximum atomic E-state index is 4.95. The van der Waals surface area contributed by atoms with Crippen LogP contribution in [0.1, 0.15) is 0 Å². The van der Waals surface area contributed by atoms with Gasteiger partial charge in [-0.3, -0.25) is 0 Å². The summed E-state index contributed by atoms with van der Waals surface area (Å²) in [7, 11) is 9.81. The van der Waals surface area contributed by atoms with Crippen molar-refractivity contribution in [1.82, 2.24) is 0 Å². The maximum absolute atomic E-state index is 4.95. The second-order valence-corrected chi connectivity index (χ2v) is 6.48. The van der Waals surface area contributed by atoms with Crippen molar-refractivity contribution < 1.29 is 42.0 Å². The Morgan fingerprint density at radius 1 is 1.12 bits per heavy atom. The Kier molecular flexibility index (Phi) is 85.9. The zero-order valence-electron chi connectivity index (χ0n) is 4.30. The molecule has 0 spiro atoms. The van der Waals surface area contributed by atoms with Crippen LogP contribution in [0.3, 0.4) is 0 Å². The summed E-state index contributed by atoms with van der Waals surface area (Å²) < 4.78 is 0. The van der Waals surface area contributed by atoms with Crippen LogP contribution in [0, 0.1) is 0 Å². The van der Waals surface area contributed by atoms with E-state index in [2.05, 4.69) is 0 Å². The average Bonchev–Trinajstić information content (AvgIpc) is 1.39. The van der Waals surface area contributed by atoms with Crippen molar-refractivity contribution in [1.29, 1.82) is 0 Å². The molecule has 0 fully saturated rings. The van der Waals surface area contributed by atoms with E-state index in [4.69, 9.17) is 30.9 Å². The van der Waals surface area contributed by atoms with Crippen LogP contribution in [-0.4, -0.2) is 49.0 Å². The first kappa shape index (κ1) is 22.9. The summed E-state index contributed by atoms with van der Waals surface area (Å²) in [4.78, 5) is 0. The molecule has 0 aromatic carbocycles. The number of rotatable bonds is 0. The van der Waals surface area contributed by atoms with Crippen LogP contribution in [0.5, 0.6) is 0 Å². The Bertz CT molecular complexity index is 14.4.